The first-order valence-electron chi connectivity index (χ1n) is 5.27. The molecule has 18 heavy (non-hydrogen) atoms. The Labute approximate surface area is 104 Å². The third kappa shape index (κ3) is 2.94. The van der Waals surface area contributed by atoms with E-state index >= 15 is 0 Å². The molecule has 0 aliphatic carbocycles. The molecule has 0 aliphatic rings. The average Bonchev–Trinajstić information content (AvgIpc) is 2.76. The van der Waals surface area contributed by atoms with Crippen molar-refractivity contribution < 1.29 is 9.90 Å². The molecular formula is C12H12N4O2. The SMILES string of the molecule is Cn1ccc(C(=O)NN=Cc2cccc(O)c2)n1. The number of carbonyl (C=O) groups is 1. The van der Waals surface area contributed by atoms with Crippen molar-refractivity contribution in [2.45, 2.75) is 0 Å². The maximum atomic E-state index is 11.6. The fourth-order valence-electron chi connectivity index (χ4n) is 1.36. The van der Waals surface area contributed by atoms with Gasteiger partial charge in [0.05, 0.1) is 6.21 Å². The van der Waals surface area contributed by atoms with E-state index in [0.29, 0.717) is 11.3 Å². The Morgan fingerprint density at radius 2 is 2.33 bits per heavy atom. The van der Waals surface area contributed by atoms with Crippen LogP contribution in [0.1, 0.15) is 16.1 Å². The van der Waals surface area contributed by atoms with Crippen molar-refractivity contribution in [2.75, 3.05) is 0 Å². The summed E-state index contributed by atoms with van der Waals surface area (Å²) in [5.74, 6) is -0.234. The number of rotatable bonds is 3. The van der Waals surface area contributed by atoms with E-state index < -0.39 is 0 Å². The molecular weight excluding hydrogens is 232 g/mol. The van der Waals surface area contributed by atoms with Crippen LogP contribution in [0.4, 0.5) is 0 Å². The summed E-state index contributed by atoms with van der Waals surface area (Å²) in [6.45, 7) is 0. The van der Waals surface area contributed by atoms with Crippen LogP contribution in [0.25, 0.3) is 0 Å². The number of hydrazone groups is 1. The van der Waals surface area contributed by atoms with Gasteiger partial charge < -0.3 is 5.11 Å². The second-order valence-corrected chi connectivity index (χ2v) is 3.67. The van der Waals surface area contributed by atoms with E-state index in [1.165, 1.54) is 17.0 Å². The number of aromatic hydroxyl groups is 1. The topological polar surface area (TPSA) is 79.5 Å². The molecule has 0 bridgehead atoms. The zero-order valence-corrected chi connectivity index (χ0v) is 9.74. The second kappa shape index (κ2) is 5.13. The summed E-state index contributed by atoms with van der Waals surface area (Å²) in [5, 5.41) is 17.0. The normalized spacial score (nSPS) is 10.7. The highest BCUT2D eigenvalue weighted by molar-refractivity contribution is 5.93. The smallest absolute Gasteiger partial charge is 0.291 e. The summed E-state index contributed by atoms with van der Waals surface area (Å²) in [6.07, 6.45) is 3.12. The van der Waals surface area contributed by atoms with Gasteiger partial charge in [-0.3, -0.25) is 9.48 Å². The third-order valence-corrected chi connectivity index (χ3v) is 2.20. The number of amides is 1. The van der Waals surface area contributed by atoms with E-state index in [1.807, 2.05) is 0 Å². The summed E-state index contributed by atoms with van der Waals surface area (Å²) in [7, 11) is 1.73. The van der Waals surface area contributed by atoms with E-state index in [-0.39, 0.29) is 11.7 Å². The Bertz CT molecular complexity index is 589. The minimum absolute atomic E-state index is 0.148. The lowest BCUT2D eigenvalue weighted by Crippen LogP contribution is -2.18. The maximum absolute atomic E-state index is 11.6. The van der Waals surface area contributed by atoms with Crippen LogP contribution in [0.5, 0.6) is 5.75 Å². The fourth-order valence-corrected chi connectivity index (χ4v) is 1.36. The number of benzene rings is 1. The molecule has 0 aliphatic heterocycles. The number of phenolic OH excluding ortho intramolecular Hbond substituents is 1. The molecule has 6 heteroatoms. The van der Waals surface area contributed by atoms with Gasteiger partial charge in [-0.1, -0.05) is 12.1 Å². The van der Waals surface area contributed by atoms with Gasteiger partial charge in [-0.15, -0.1) is 0 Å². The number of phenols is 1. The molecule has 92 valence electrons. The van der Waals surface area contributed by atoms with Crippen LogP contribution < -0.4 is 5.43 Å². The molecule has 2 N–H and O–H groups in total. The van der Waals surface area contributed by atoms with Crippen molar-refractivity contribution in [3.05, 3.63) is 47.8 Å². The standard InChI is InChI=1S/C12H12N4O2/c1-16-6-5-11(15-16)12(18)14-13-8-9-3-2-4-10(17)7-9/h2-8,17H,1H3,(H,14,18). The Hall–Kier alpha value is -2.63. The predicted molar refractivity (Wildman–Crippen MR) is 66.4 cm³/mol. The summed E-state index contributed by atoms with van der Waals surface area (Å²) in [4.78, 5) is 11.6. The van der Waals surface area contributed by atoms with Crippen LogP contribution in [0.2, 0.25) is 0 Å². The molecule has 2 rings (SSSR count). The minimum atomic E-state index is -0.382. The van der Waals surface area contributed by atoms with Gasteiger partial charge in [0.1, 0.15) is 5.75 Å². The zero-order valence-electron chi connectivity index (χ0n) is 9.74. The molecule has 0 saturated heterocycles. The first-order valence-corrected chi connectivity index (χ1v) is 5.27. The van der Waals surface area contributed by atoms with E-state index in [2.05, 4.69) is 15.6 Å². The second-order valence-electron chi connectivity index (χ2n) is 3.67. The molecule has 2 aromatic rings. The quantitative estimate of drug-likeness (QED) is 0.621. The Kier molecular flexibility index (Phi) is 3.38. The number of hydrogen-bond donors (Lipinski definition) is 2. The largest absolute Gasteiger partial charge is 0.508 e. The van der Waals surface area contributed by atoms with Gasteiger partial charge >= 0.3 is 0 Å². The molecule has 0 spiro atoms. The van der Waals surface area contributed by atoms with Crippen LogP contribution in [0, 0.1) is 0 Å². The monoisotopic (exact) mass is 244 g/mol. The highest BCUT2D eigenvalue weighted by atomic mass is 16.3. The molecule has 1 aromatic carbocycles. The van der Waals surface area contributed by atoms with Crippen molar-refractivity contribution in [1.29, 1.82) is 0 Å². The van der Waals surface area contributed by atoms with Gasteiger partial charge in [0.15, 0.2) is 5.69 Å². The van der Waals surface area contributed by atoms with E-state index in [4.69, 9.17) is 0 Å². The number of aryl methyl sites for hydroxylation is 1. The molecule has 1 amide bonds. The highest BCUT2D eigenvalue weighted by Gasteiger charge is 2.06. The zero-order chi connectivity index (χ0) is 13.0. The fraction of sp³-hybridized carbons (Fsp3) is 0.0833. The van der Waals surface area contributed by atoms with Gasteiger partial charge in [0.25, 0.3) is 5.91 Å². The summed E-state index contributed by atoms with van der Waals surface area (Å²) in [5.41, 5.74) is 3.34. The molecule has 1 aromatic heterocycles. The third-order valence-electron chi connectivity index (χ3n) is 2.20. The van der Waals surface area contributed by atoms with Crippen LogP contribution in [0.3, 0.4) is 0 Å². The number of nitrogens with zero attached hydrogens (tertiary/aromatic N) is 3. The lowest BCUT2D eigenvalue weighted by Gasteiger charge is -1.96. The number of hydrogen-bond acceptors (Lipinski definition) is 4. The number of aromatic nitrogens is 2. The molecule has 0 atom stereocenters. The van der Waals surface area contributed by atoms with Crippen molar-refractivity contribution in [1.82, 2.24) is 15.2 Å². The highest BCUT2D eigenvalue weighted by Crippen LogP contribution is 2.08. The van der Waals surface area contributed by atoms with E-state index in [1.54, 1.807) is 37.5 Å². The lowest BCUT2D eigenvalue weighted by molar-refractivity contribution is 0.0949. The van der Waals surface area contributed by atoms with Crippen molar-refractivity contribution in [3.63, 3.8) is 0 Å². The van der Waals surface area contributed by atoms with Crippen molar-refractivity contribution in [2.24, 2.45) is 12.1 Å². The molecule has 0 fully saturated rings. The van der Waals surface area contributed by atoms with Gasteiger partial charge in [-0.25, -0.2) is 5.43 Å². The van der Waals surface area contributed by atoms with Gasteiger partial charge in [-0.05, 0) is 23.8 Å². The van der Waals surface area contributed by atoms with Crippen molar-refractivity contribution >= 4 is 12.1 Å². The first-order chi connectivity index (χ1) is 8.65. The van der Waals surface area contributed by atoms with Gasteiger partial charge in [-0.2, -0.15) is 10.2 Å². The van der Waals surface area contributed by atoms with Crippen LogP contribution >= 0.6 is 0 Å². The molecule has 6 nitrogen and oxygen atoms in total. The van der Waals surface area contributed by atoms with Crippen molar-refractivity contribution in [3.8, 4) is 5.75 Å². The summed E-state index contributed by atoms with van der Waals surface area (Å²) >= 11 is 0. The summed E-state index contributed by atoms with van der Waals surface area (Å²) < 4.78 is 1.54. The molecule has 0 saturated carbocycles. The van der Waals surface area contributed by atoms with Gasteiger partial charge in [0.2, 0.25) is 0 Å². The Morgan fingerprint density at radius 1 is 1.50 bits per heavy atom. The van der Waals surface area contributed by atoms with Gasteiger partial charge in [0, 0.05) is 13.2 Å². The number of carbonyl (C=O) groups excluding carboxylic acids is 1. The lowest BCUT2D eigenvalue weighted by atomic mass is 10.2. The molecule has 0 unspecified atom stereocenters. The number of nitrogens with one attached hydrogen (secondary N) is 1. The van der Waals surface area contributed by atoms with Crippen LogP contribution in [0.15, 0.2) is 41.6 Å². The Balaban J connectivity index is 1.97. The maximum Gasteiger partial charge on any atom is 0.291 e. The van der Waals surface area contributed by atoms with E-state index in [0.717, 1.165) is 0 Å². The van der Waals surface area contributed by atoms with E-state index in [9.17, 15) is 9.90 Å². The van der Waals surface area contributed by atoms with Crippen LogP contribution in [-0.2, 0) is 7.05 Å². The minimum Gasteiger partial charge on any atom is -0.508 e. The molecule has 1 heterocycles. The summed E-state index contributed by atoms with van der Waals surface area (Å²) in [6, 6.07) is 8.15. The molecule has 0 radical (unpaired) electrons. The average molecular weight is 244 g/mol. The predicted octanol–water partition coefficient (Wildman–Crippen LogP) is 0.890. The van der Waals surface area contributed by atoms with Crippen LogP contribution in [-0.4, -0.2) is 27.0 Å². The first kappa shape index (κ1) is 11.8. The Morgan fingerprint density at radius 3 is 3.00 bits per heavy atom.